The minimum absolute atomic E-state index is 0.0392. The van der Waals surface area contributed by atoms with Crippen LogP contribution in [-0.4, -0.2) is 22.3 Å². The van der Waals surface area contributed by atoms with Crippen LogP contribution in [-0.2, 0) is 9.59 Å². The van der Waals surface area contributed by atoms with Crippen LogP contribution in [0.1, 0.15) is 20.3 Å². The fourth-order valence-electron chi connectivity index (χ4n) is 0.955. The summed E-state index contributed by atoms with van der Waals surface area (Å²) in [6, 6.07) is 0. The van der Waals surface area contributed by atoms with E-state index >= 15 is 0 Å². The molecule has 1 N–H and O–H groups in total. The van der Waals surface area contributed by atoms with E-state index in [0.717, 1.165) is 6.42 Å². The van der Waals surface area contributed by atoms with E-state index in [-0.39, 0.29) is 22.3 Å². The molecule has 0 aromatic carbocycles. The molecule has 1 fully saturated rings. The Labute approximate surface area is 69.9 Å². The second-order valence-corrected chi connectivity index (χ2v) is 4.08. The van der Waals surface area contributed by atoms with Gasteiger partial charge in [-0.15, -0.1) is 11.8 Å². The fraction of sp³-hybridized carbons (Fsp3) is 0.714. The van der Waals surface area contributed by atoms with Crippen LogP contribution in [0.4, 0.5) is 0 Å². The van der Waals surface area contributed by atoms with Gasteiger partial charge in [0.05, 0.1) is 10.5 Å². The highest BCUT2D eigenvalue weighted by Gasteiger charge is 2.30. The van der Waals surface area contributed by atoms with E-state index in [4.69, 9.17) is 0 Å². The van der Waals surface area contributed by atoms with Gasteiger partial charge in [0.1, 0.15) is 0 Å². The lowest BCUT2D eigenvalue weighted by Crippen LogP contribution is -2.46. The SMILES string of the molecule is CC[C@H]1S[C@H](C)C(=O)NC1=O. The molecule has 1 aliphatic heterocycles. The molecule has 1 rings (SSSR count). The van der Waals surface area contributed by atoms with Crippen molar-refractivity contribution >= 4 is 23.6 Å². The summed E-state index contributed by atoms with van der Waals surface area (Å²) < 4.78 is 0. The van der Waals surface area contributed by atoms with Crippen molar-refractivity contribution in [3.05, 3.63) is 0 Å². The molecule has 0 unspecified atom stereocenters. The number of hydrogen-bond acceptors (Lipinski definition) is 3. The molecule has 0 aliphatic carbocycles. The summed E-state index contributed by atoms with van der Waals surface area (Å²) in [5, 5.41) is 2.21. The number of rotatable bonds is 1. The topological polar surface area (TPSA) is 46.2 Å². The molecule has 0 aromatic heterocycles. The number of thioether (sulfide) groups is 1. The van der Waals surface area contributed by atoms with Crippen molar-refractivity contribution in [1.82, 2.24) is 5.32 Å². The lowest BCUT2D eigenvalue weighted by atomic mass is 10.3. The summed E-state index contributed by atoms with van der Waals surface area (Å²) in [5.74, 6) is -0.301. The summed E-state index contributed by atoms with van der Waals surface area (Å²) in [7, 11) is 0. The van der Waals surface area contributed by atoms with Gasteiger partial charge in [0.2, 0.25) is 11.8 Å². The molecule has 0 radical (unpaired) electrons. The summed E-state index contributed by atoms with van der Waals surface area (Å²) >= 11 is 1.44. The molecular formula is C7H11NO2S. The Morgan fingerprint density at radius 3 is 2.64 bits per heavy atom. The zero-order chi connectivity index (χ0) is 8.43. The standard InChI is InChI=1S/C7H11NO2S/c1-3-5-7(10)8-6(9)4(2)11-5/h4-5H,3H2,1-2H3,(H,8,9,10)/t4-,5-/m1/s1. The third-order valence-corrected chi connectivity index (χ3v) is 3.15. The molecule has 0 aromatic rings. The first-order valence-electron chi connectivity index (χ1n) is 3.65. The van der Waals surface area contributed by atoms with E-state index in [9.17, 15) is 9.59 Å². The van der Waals surface area contributed by atoms with Gasteiger partial charge in [0.25, 0.3) is 0 Å². The van der Waals surface area contributed by atoms with Gasteiger partial charge in [-0.1, -0.05) is 6.92 Å². The average molecular weight is 173 g/mol. The molecule has 0 bridgehead atoms. The quantitative estimate of drug-likeness (QED) is 0.589. The van der Waals surface area contributed by atoms with Crippen LogP contribution in [0, 0.1) is 0 Å². The number of carbonyl (C=O) groups excluding carboxylic acids is 2. The number of nitrogens with one attached hydrogen (secondary N) is 1. The van der Waals surface area contributed by atoms with Gasteiger partial charge in [-0.2, -0.15) is 0 Å². The van der Waals surface area contributed by atoms with Crippen molar-refractivity contribution in [2.75, 3.05) is 0 Å². The maximum Gasteiger partial charge on any atom is 0.239 e. The van der Waals surface area contributed by atoms with E-state index in [1.54, 1.807) is 0 Å². The Morgan fingerprint density at radius 2 is 2.09 bits per heavy atom. The van der Waals surface area contributed by atoms with Gasteiger partial charge in [-0.3, -0.25) is 14.9 Å². The van der Waals surface area contributed by atoms with E-state index < -0.39 is 0 Å². The smallest absolute Gasteiger partial charge is 0.239 e. The molecule has 1 saturated heterocycles. The molecule has 4 heteroatoms. The molecule has 1 heterocycles. The first-order chi connectivity index (χ1) is 5.15. The molecule has 2 atom stereocenters. The van der Waals surface area contributed by atoms with Crippen LogP contribution in [0.25, 0.3) is 0 Å². The molecular weight excluding hydrogens is 162 g/mol. The summed E-state index contributed by atoms with van der Waals surface area (Å²) in [6.07, 6.45) is 0.786. The third kappa shape index (κ3) is 1.74. The van der Waals surface area contributed by atoms with Crippen molar-refractivity contribution in [3.63, 3.8) is 0 Å². The molecule has 1 aliphatic rings. The Morgan fingerprint density at radius 1 is 1.45 bits per heavy atom. The van der Waals surface area contributed by atoms with Gasteiger partial charge in [-0.05, 0) is 13.3 Å². The third-order valence-electron chi connectivity index (χ3n) is 1.65. The predicted molar refractivity (Wildman–Crippen MR) is 44.3 cm³/mol. The van der Waals surface area contributed by atoms with Gasteiger partial charge >= 0.3 is 0 Å². The highest BCUT2D eigenvalue weighted by atomic mass is 32.2. The predicted octanol–water partition coefficient (Wildman–Crippen LogP) is 0.543. The van der Waals surface area contributed by atoms with E-state index in [1.165, 1.54) is 11.8 Å². The normalized spacial score (nSPS) is 31.8. The average Bonchev–Trinajstić information content (AvgIpc) is 1.97. The minimum Gasteiger partial charge on any atom is -0.295 e. The fourth-order valence-corrected chi connectivity index (χ4v) is 2.01. The highest BCUT2D eigenvalue weighted by molar-refractivity contribution is 8.02. The van der Waals surface area contributed by atoms with Crippen LogP contribution in [0.2, 0.25) is 0 Å². The maximum absolute atomic E-state index is 11.0. The van der Waals surface area contributed by atoms with Crippen LogP contribution in [0.5, 0.6) is 0 Å². The van der Waals surface area contributed by atoms with Gasteiger partial charge in [0.15, 0.2) is 0 Å². The molecule has 0 spiro atoms. The number of carbonyl (C=O) groups is 2. The lowest BCUT2D eigenvalue weighted by molar-refractivity contribution is -0.130. The van der Waals surface area contributed by atoms with Crippen LogP contribution in [0.3, 0.4) is 0 Å². The Bertz CT molecular complexity index is 193. The molecule has 3 nitrogen and oxygen atoms in total. The molecule has 0 saturated carbocycles. The monoisotopic (exact) mass is 173 g/mol. The van der Waals surface area contributed by atoms with Crippen molar-refractivity contribution in [2.45, 2.75) is 30.8 Å². The molecule has 62 valence electrons. The Balaban J connectivity index is 2.62. The number of imide groups is 1. The maximum atomic E-state index is 11.0. The van der Waals surface area contributed by atoms with E-state index in [0.29, 0.717) is 0 Å². The van der Waals surface area contributed by atoms with Crippen LogP contribution >= 0.6 is 11.8 Å². The second kappa shape index (κ2) is 3.26. The van der Waals surface area contributed by atoms with E-state index in [2.05, 4.69) is 5.32 Å². The minimum atomic E-state index is -0.162. The summed E-state index contributed by atoms with van der Waals surface area (Å²) in [6.45, 7) is 3.76. The van der Waals surface area contributed by atoms with Crippen molar-refractivity contribution in [1.29, 1.82) is 0 Å². The Hall–Kier alpha value is -0.510. The zero-order valence-corrected chi connectivity index (χ0v) is 7.40. The zero-order valence-electron chi connectivity index (χ0n) is 6.59. The molecule has 2 amide bonds. The van der Waals surface area contributed by atoms with Crippen LogP contribution in [0.15, 0.2) is 0 Å². The van der Waals surface area contributed by atoms with Crippen molar-refractivity contribution in [2.24, 2.45) is 0 Å². The first kappa shape index (κ1) is 8.59. The largest absolute Gasteiger partial charge is 0.295 e. The van der Waals surface area contributed by atoms with Crippen molar-refractivity contribution in [3.8, 4) is 0 Å². The van der Waals surface area contributed by atoms with E-state index in [1.807, 2.05) is 13.8 Å². The second-order valence-electron chi connectivity index (χ2n) is 2.53. The van der Waals surface area contributed by atoms with Crippen molar-refractivity contribution < 1.29 is 9.59 Å². The lowest BCUT2D eigenvalue weighted by Gasteiger charge is -2.23. The summed E-state index contributed by atoms with van der Waals surface area (Å²) in [5.41, 5.74) is 0. The number of hydrogen-bond donors (Lipinski definition) is 1. The molecule has 11 heavy (non-hydrogen) atoms. The Kier molecular flexibility index (Phi) is 2.54. The van der Waals surface area contributed by atoms with Crippen LogP contribution < -0.4 is 5.32 Å². The first-order valence-corrected chi connectivity index (χ1v) is 4.59. The van der Waals surface area contributed by atoms with Gasteiger partial charge in [-0.25, -0.2) is 0 Å². The highest BCUT2D eigenvalue weighted by Crippen LogP contribution is 2.24. The van der Waals surface area contributed by atoms with Gasteiger partial charge < -0.3 is 0 Å². The number of amides is 2. The summed E-state index contributed by atoms with van der Waals surface area (Å²) in [4.78, 5) is 21.9. The van der Waals surface area contributed by atoms with Gasteiger partial charge in [0, 0.05) is 0 Å².